The zero-order chi connectivity index (χ0) is 22.6. The Labute approximate surface area is 182 Å². The van der Waals surface area contributed by atoms with E-state index in [4.69, 9.17) is 5.73 Å². The van der Waals surface area contributed by atoms with Gasteiger partial charge in [0.2, 0.25) is 5.91 Å². The third-order valence-corrected chi connectivity index (χ3v) is 5.55. The number of carbonyl (C=O) groups is 2. The van der Waals surface area contributed by atoms with Gasteiger partial charge in [-0.2, -0.15) is 0 Å². The maximum atomic E-state index is 12.1. The summed E-state index contributed by atoms with van der Waals surface area (Å²) >= 11 is 0. The average Bonchev–Trinajstić information content (AvgIpc) is 2.73. The van der Waals surface area contributed by atoms with Crippen LogP contribution in [0, 0.1) is 20.8 Å². The van der Waals surface area contributed by atoms with Gasteiger partial charge in [-0.05, 0) is 37.5 Å². The first-order valence-corrected chi connectivity index (χ1v) is 10.2. The standard InChI is InChI=1S/C26H28N2O3/c1-17-4-10-20(11-5-17)26(21-12-6-18(2)7-13-21,22-14-8-19(3)9-15-22)28-23(25(30)31)16-24(27)29/h4-15,23,28H,16H2,1-3H3,(H2,27,29)(H,30,31)/t23-/m0/s1. The Kier molecular flexibility index (Phi) is 6.56. The number of carbonyl (C=O) groups excluding carboxylic acids is 1. The Morgan fingerprint density at radius 1 is 0.774 bits per heavy atom. The van der Waals surface area contributed by atoms with E-state index in [2.05, 4.69) is 5.32 Å². The number of carboxylic acid groups (broad SMARTS) is 1. The number of aryl methyl sites for hydroxylation is 3. The van der Waals surface area contributed by atoms with Crippen LogP contribution in [0.4, 0.5) is 0 Å². The lowest BCUT2D eigenvalue weighted by atomic mass is 9.75. The molecule has 4 N–H and O–H groups in total. The Balaban J connectivity index is 2.32. The minimum Gasteiger partial charge on any atom is -0.480 e. The van der Waals surface area contributed by atoms with Gasteiger partial charge in [-0.3, -0.25) is 14.9 Å². The van der Waals surface area contributed by atoms with Gasteiger partial charge in [-0.1, -0.05) is 89.5 Å². The van der Waals surface area contributed by atoms with Crippen molar-refractivity contribution in [3.05, 3.63) is 106 Å². The van der Waals surface area contributed by atoms with Gasteiger partial charge in [0, 0.05) is 0 Å². The largest absolute Gasteiger partial charge is 0.480 e. The fourth-order valence-corrected chi connectivity index (χ4v) is 3.82. The third kappa shape index (κ3) is 4.84. The number of nitrogens with two attached hydrogens (primary N) is 1. The quantitative estimate of drug-likeness (QED) is 0.487. The van der Waals surface area contributed by atoms with Gasteiger partial charge < -0.3 is 10.8 Å². The van der Waals surface area contributed by atoms with E-state index in [1.165, 1.54) is 0 Å². The lowest BCUT2D eigenvalue weighted by Crippen LogP contribution is -2.53. The van der Waals surface area contributed by atoms with Gasteiger partial charge in [-0.25, -0.2) is 0 Å². The minimum atomic E-state index is -1.17. The summed E-state index contributed by atoms with van der Waals surface area (Å²) in [7, 11) is 0. The van der Waals surface area contributed by atoms with E-state index in [1.807, 2.05) is 93.6 Å². The molecule has 0 aliphatic carbocycles. The van der Waals surface area contributed by atoms with Gasteiger partial charge in [0.15, 0.2) is 0 Å². The third-order valence-electron chi connectivity index (χ3n) is 5.55. The SMILES string of the molecule is Cc1ccc(C(N[C@@H](CC(N)=O)C(=O)O)(c2ccc(C)cc2)c2ccc(C)cc2)cc1. The average molecular weight is 417 g/mol. The Morgan fingerprint density at radius 2 is 1.10 bits per heavy atom. The minimum absolute atomic E-state index is 0.319. The molecule has 3 aromatic carbocycles. The van der Waals surface area contributed by atoms with Crippen molar-refractivity contribution >= 4 is 11.9 Å². The monoisotopic (exact) mass is 416 g/mol. The van der Waals surface area contributed by atoms with Crippen LogP contribution < -0.4 is 11.1 Å². The first-order valence-electron chi connectivity index (χ1n) is 10.2. The lowest BCUT2D eigenvalue weighted by Gasteiger charge is -2.39. The van der Waals surface area contributed by atoms with Crippen LogP contribution in [0.25, 0.3) is 0 Å². The highest BCUT2D eigenvalue weighted by molar-refractivity contribution is 5.83. The molecule has 0 aliphatic heterocycles. The van der Waals surface area contributed by atoms with Crippen molar-refractivity contribution in [3.8, 4) is 0 Å². The molecule has 0 spiro atoms. The van der Waals surface area contributed by atoms with Crippen molar-refractivity contribution < 1.29 is 14.7 Å². The zero-order valence-corrected chi connectivity index (χ0v) is 18.1. The first-order chi connectivity index (χ1) is 14.7. The Hall–Kier alpha value is -3.44. The van der Waals surface area contributed by atoms with Crippen molar-refractivity contribution in [2.75, 3.05) is 0 Å². The predicted molar refractivity (Wildman–Crippen MR) is 122 cm³/mol. The van der Waals surface area contributed by atoms with Crippen molar-refractivity contribution in [1.82, 2.24) is 5.32 Å². The van der Waals surface area contributed by atoms with E-state index < -0.39 is 23.5 Å². The highest BCUT2D eigenvalue weighted by Gasteiger charge is 2.40. The molecule has 31 heavy (non-hydrogen) atoms. The van der Waals surface area contributed by atoms with E-state index in [1.54, 1.807) is 0 Å². The second-order valence-electron chi connectivity index (χ2n) is 8.05. The Bertz CT molecular complexity index is 944. The van der Waals surface area contributed by atoms with Crippen LogP contribution in [0.15, 0.2) is 72.8 Å². The van der Waals surface area contributed by atoms with E-state index in [0.29, 0.717) is 0 Å². The maximum Gasteiger partial charge on any atom is 0.321 e. The van der Waals surface area contributed by atoms with Crippen LogP contribution in [-0.4, -0.2) is 23.0 Å². The molecule has 0 bridgehead atoms. The van der Waals surface area contributed by atoms with Gasteiger partial charge in [0.05, 0.1) is 12.0 Å². The molecule has 0 saturated heterocycles. The number of hydrogen-bond donors (Lipinski definition) is 3. The molecule has 1 atom stereocenters. The molecule has 1 amide bonds. The summed E-state index contributed by atoms with van der Waals surface area (Å²) in [5.74, 6) is -1.81. The summed E-state index contributed by atoms with van der Waals surface area (Å²) in [6.07, 6.45) is -0.319. The number of benzene rings is 3. The summed E-state index contributed by atoms with van der Waals surface area (Å²) in [6, 6.07) is 22.8. The topological polar surface area (TPSA) is 92.4 Å². The van der Waals surface area contributed by atoms with Crippen LogP contribution in [0.5, 0.6) is 0 Å². The second kappa shape index (κ2) is 9.14. The summed E-state index contributed by atoms with van der Waals surface area (Å²) in [5, 5.41) is 13.2. The molecule has 0 unspecified atom stereocenters. The fraction of sp³-hybridized carbons (Fsp3) is 0.231. The summed E-state index contributed by atoms with van der Waals surface area (Å²) in [5.41, 5.74) is 10.3. The van der Waals surface area contributed by atoms with Crippen molar-refractivity contribution in [1.29, 1.82) is 0 Å². The fourth-order valence-electron chi connectivity index (χ4n) is 3.82. The van der Waals surface area contributed by atoms with Crippen molar-refractivity contribution in [2.24, 2.45) is 5.73 Å². The van der Waals surface area contributed by atoms with Crippen LogP contribution in [-0.2, 0) is 15.1 Å². The van der Waals surface area contributed by atoms with E-state index in [0.717, 1.165) is 33.4 Å². The zero-order valence-electron chi connectivity index (χ0n) is 18.1. The maximum absolute atomic E-state index is 12.1. The lowest BCUT2D eigenvalue weighted by molar-refractivity contribution is -0.141. The van der Waals surface area contributed by atoms with Crippen LogP contribution in [0.2, 0.25) is 0 Å². The highest BCUT2D eigenvalue weighted by Crippen LogP contribution is 2.38. The van der Waals surface area contributed by atoms with Gasteiger partial charge in [-0.15, -0.1) is 0 Å². The molecule has 5 heteroatoms. The number of nitrogens with one attached hydrogen (secondary N) is 1. The molecule has 0 fully saturated rings. The molecule has 0 heterocycles. The first kappa shape index (κ1) is 22.2. The highest BCUT2D eigenvalue weighted by atomic mass is 16.4. The smallest absolute Gasteiger partial charge is 0.321 e. The number of carboxylic acids is 1. The summed E-state index contributed by atoms with van der Waals surface area (Å²) in [6.45, 7) is 6.01. The molecule has 0 aliphatic rings. The molecule has 160 valence electrons. The molecule has 3 rings (SSSR count). The van der Waals surface area contributed by atoms with Crippen LogP contribution >= 0.6 is 0 Å². The molecule has 3 aromatic rings. The number of hydrogen-bond acceptors (Lipinski definition) is 3. The number of primary amides is 1. The van der Waals surface area contributed by atoms with Gasteiger partial charge in [0.1, 0.15) is 6.04 Å². The van der Waals surface area contributed by atoms with Gasteiger partial charge in [0.25, 0.3) is 0 Å². The van der Waals surface area contributed by atoms with Gasteiger partial charge >= 0.3 is 5.97 Å². The van der Waals surface area contributed by atoms with E-state index in [9.17, 15) is 14.7 Å². The predicted octanol–water partition coefficient (Wildman–Crippen LogP) is 3.82. The Morgan fingerprint density at radius 3 is 1.35 bits per heavy atom. The van der Waals surface area contributed by atoms with Crippen LogP contribution in [0.3, 0.4) is 0 Å². The molecular weight excluding hydrogens is 388 g/mol. The molecule has 0 aromatic heterocycles. The molecule has 0 saturated carbocycles. The van der Waals surface area contributed by atoms with E-state index >= 15 is 0 Å². The molecule has 5 nitrogen and oxygen atoms in total. The van der Waals surface area contributed by atoms with Crippen LogP contribution in [0.1, 0.15) is 39.8 Å². The summed E-state index contributed by atoms with van der Waals surface area (Å²) < 4.78 is 0. The number of rotatable bonds is 8. The molecular formula is C26H28N2O3. The van der Waals surface area contributed by atoms with Crippen molar-refractivity contribution in [3.63, 3.8) is 0 Å². The van der Waals surface area contributed by atoms with E-state index in [-0.39, 0.29) is 6.42 Å². The second-order valence-corrected chi connectivity index (χ2v) is 8.05. The number of amides is 1. The summed E-state index contributed by atoms with van der Waals surface area (Å²) in [4.78, 5) is 23.8. The molecule has 0 radical (unpaired) electrons. The van der Waals surface area contributed by atoms with Crippen molar-refractivity contribution in [2.45, 2.75) is 38.8 Å². The number of aliphatic carboxylic acids is 1. The normalized spacial score (nSPS) is 12.4.